The predicted molar refractivity (Wildman–Crippen MR) is 253 cm³/mol. The summed E-state index contributed by atoms with van der Waals surface area (Å²) in [6, 6.07) is 42.6. The number of rotatable bonds is 11. The molecule has 1 aliphatic rings. The summed E-state index contributed by atoms with van der Waals surface area (Å²) in [5.41, 5.74) is 1.11. The lowest BCUT2D eigenvalue weighted by Crippen LogP contribution is -2.68. The molecule has 7 rings (SSSR count). The number of halogens is 1. The maximum absolute atomic E-state index is 12.9. The zero-order chi connectivity index (χ0) is 43.8. The standard InChI is InChI=1S/C49H58ClN5O4Si2/c1-34-39(32-57-60(48(5,6)7,35-23-15-11-16-24-35)36-25-17-12-18-26-36)41(59-61(49(8,9)10,37-27-19-13-20-28-37)38-29-21-14-22-30-38)31-40(34)55-33-51-42-43(50)52-45(53-44(42)55)54-46(56)58-47(2,3)4/h11-30,33,39-41H,1,31-32H2,2-10H3,(H,52,53,54,56)/t39-,40-,41-/m0/s1. The first kappa shape index (κ1) is 44.1. The number of hydrogen-bond acceptors (Lipinski definition) is 7. The average Bonchev–Trinajstić information content (AvgIpc) is 3.77. The van der Waals surface area contributed by atoms with E-state index in [1.54, 1.807) is 27.1 Å². The monoisotopic (exact) mass is 871 g/mol. The first-order valence-electron chi connectivity index (χ1n) is 21.0. The van der Waals surface area contributed by atoms with Crippen LogP contribution >= 0.6 is 11.6 Å². The van der Waals surface area contributed by atoms with Crippen LogP contribution in [0, 0.1) is 5.92 Å². The summed E-state index contributed by atoms with van der Waals surface area (Å²) in [5.74, 6) is -0.216. The zero-order valence-corrected chi connectivity index (χ0v) is 39.5. The van der Waals surface area contributed by atoms with E-state index in [4.69, 9.17) is 41.7 Å². The van der Waals surface area contributed by atoms with Gasteiger partial charge in [-0.15, -0.1) is 0 Å². The molecule has 1 fully saturated rings. The summed E-state index contributed by atoms with van der Waals surface area (Å²) in [6.07, 6.45) is 1.30. The van der Waals surface area contributed by atoms with Crippen LogP contribution < -0.4 is 26.1 Å². The lowest BCUT2D eigenvalue weighted by Gasteiger charge is -2.46. The molecule has 2 aromatic heterocycles. The number of carbonyl (C=O) groups excluding carboxylic acids is 1. The summed E-state index contributed by atoms with van der Waals surface area (Å²) in [4.78, 5) is 26.7. The molecule has 1 aliphatic carbocycles. The van der Waals surface area contributed by atoms with Crippen molar-refractivity contribution >= 4 is 72.2 Å². The van der Waals surface area contributed by atoms with Crippen molar-refractivity contribution in [2.75, 3.05) is 11.9 Å². The van der Waals surface area contributed by atoms with Crippen molar-refractivity contribution in [3.63, 3.8) is 0 Å². The Labute approximate surface area is 367 Å². The SMILES string of the molecule is C=C1[C@H](CO[Si](c2ccccc2)(c2ccccc2)C(C)(C)C)[C@@H](O[Si](c2ccccc2)(c2ccccc2)C(C)(C)C)C[C@@H]1n1cnc2c(Cl)nc(NC(=O)OC(C)(C)C)nc21. The van der Waals surface area contributed by atoms with E-state index in [2.05, 4.69) is 173 Å². The number of aromatic nitrogens is 4. The Balaban J connectivity index is 1.37. The van der Waals surface area contributed by atoms with Crippen LogP contribution in [0.2, 0.25) is 15.2 Å². The Morgan fingerprint density at radius 1 is 0.738 bits per heavy atom. The number of hydrogen-bond donors (Lipinski definition) is 1. The number of nitrogens with zero attached hydrogens (tertiary/aromatic N) is 4. The lowest BCUT2D eigenvalue weighted by molar-refractivity contribution is 0.0634. The van der Waals surface area contributed by atoms with E-state index in [1.165, 1.54) is 20.7 Å². The molecular weight excluding hydrogens is 814 g/mol. The summed E-state index contributed by atoms with van der Waals surface area (Å²) in [5, 5.41) is 7.06. The van der Waals surface area contributed by atoms with E-state index in [-0.39, 0.29) is 39.2 Å². The summed E-state index contributed by atoms with van der Waals surface area (Å²) in [6.45, 7) is 24.4. The van der Waals surface area contributed by atoms with Gasteiger partial charge in [0.25, 0.3) is 16.6 Å². The largest absolute Gasteiger partial charge is 0.444 e. The Bertz CT molecular complexity index is 2390. The summed E-state index contributed by atoms with van der Waals surface area (Å²) >= 11 is 6.75. The molecule has 3 atom stereocenters. The van der Waals surface area contributed by atoms with Crippen LogP contribution in [0.25, 0.3) is 11.2 Å². The van der Waals surface area contributed by atoms with E-state index in [1.807, 2.05) is 4.57 Å². The van der Waals surface area contributed by atoms with E-state index in [0.29, 0.717) is 24.2 Å². The Kier molecular flexibility index (Phi) is 12.4. The molecule has 12 heteroatoms. The number of benzene rings is 4. The van der Waals surface area contributed by atoms with Crippen molar-refractivity contribution in [1.82, 2.24) is 19.5 Å². The molecule has 1 saturated carbocycles. The average molecular weight is 873 g/mol. The second-order valence-corrected chi connectivity index (χ2v) is 27.9. The summed E-state index contributed by atoms with van der Waals surface area (Å²) < 4.78 is 23.2. The van der Waals surface area contributed by atoms with Crippen LogP contribution in [0.15, 0.2) is 140 Å². The molecule has 4 aromatic carbocycles. The quantitative estimate of drug-likeness (QED) is 0.0787. The lowest BCUT2D eigenvalue weighted by atomic mass is 10.0. The van der Waals surface area contributed by atoms with Crippen molar-refractivity contribution in [3.05, 3.63) is 145 Å². The van der Waals surface area contributed by atoms with Gasteiger partial charge in [0, 0.05) is 12.5 Å². The van der Waals surface area contributed by atoms with Crippen LogP contribution in [-0.4, -0.2) is 60.6 Å². The van der Waals surface area contributed by atoms with Gasteiger partial charge in [-0.1, -0.05) is 181 Å². The van der Waals surface area contributed by atoms with Gasteiger partial charge in [0.1, 0.15) is 11.1 Å². The number of anilines is 1. The van der Waals surface area contributed by atoms with Gasteiger partial charge in [0.2, 0.25) is 5.95 Å². The molecule has 0 bridgehead atoms. The van der Waals surface area contributed by atoms with Crippen molar-refractivity contribution in [2.45, 2.75) is 96.6 Å². The van der Waals surface area contributed by atoms with Gasteiger partial charge in [-0.2, -0.15) is 9.97 Å². The minimum atomic E-state index is -3.07. The van der Waals surface area contributed by atoms with Crippen molar-refractivity contribution in [1.29, 1.82) is 0 Å². The molecule has 61 heavy (non-hydrogen) atoms. The third kappa shape index (κ3) is 8.63. The van der Waals surface area contributed by atoms with Gasteiger partial charge < -0.3 is 18.2 Å². The second-order valence-electron chi connectivity index (χ2n) is 19.0. The highest BCUT2D eigenvalue weighted by Crippen LogP contribution is 2.48. The normalized spacial score (nSPS) is 17.7. The highest BCUT2D eigenvalue weighted by atomic mass is 35.5. The Morgan fingerprint density at radius 3 is 1.64 bits per heavy atom. The highest BCUT2D eigenvalue weighted by Gasteiger charge is 2.56. The first-order chi connectivity index (χ1) is 28.9. The van der Waals surface area contributed by atoms with Crippen LogP contribution in [0.4, 0.5) is 10.7 Å². The molecule has 0 spiro atoms. The number of carbonyl (C=O) groups is 1. The molecular formula is C49H58ClN5O4Si2. The van der Waals surface area contributed by atoms with Crippen LogP contribution in [0.1, 0.15) is 74.8 Å². The van der Waals surface area contributed by atoms with Gasteiger partial charge in [-0.25, -0.2) is 9.78 Å². The molecule has 0 radical (unpaired) electrons. The van der Waals surface area contributed by atoms with E-state index in [9.17, 15) is 4.79 Å². The number of fused-ring (bicyclic) bond motifs is 1. The number of amides is 1. The number of imidazole rings is 1. The maximum Gasteiger partial charge on any atom is 0.414 e. The van der Waals surface area contributed by atoms with Gasteiger partial charge >= 0.3 is 6.09 Å². The molecule has 2 heterocycles. The summed E-state index contributed by atoms with van der Waals surface area (Å²) in [7, 11) is -6.04. The topological polar surface area (TPSA) is 100 Å². The van der Waals surface area contributed by atoms with Crippen molar-refractivity contribution in [2.24, 2.45) is 5.92 Å². The molecule has 0 saturated heterocycles. The van der Waals surface area contributed by atoms with E-state index >= 15 is 0 Å². The van der Waals surface area contributed by atoms with Gasteiger partial charge in [0.05, 0.1) is 18.5 Å². The molecule has 1 N–H and O–H groups in total. The van der Waals surface area contributed by atoms with Crippen molar-refractivity contribution < 1.29 is 18.4 Å². The fourth-order valence-corrected chi connectivity index (χ4v) is 18.6. The van der Waals surface area contributed by atoms with E-state index < -0.39 is 28.3 Å². The van der Waals surface area contributed by atoms with Gasteiger partial charge in [0.15, 0.2) is 10.8 Å². The third-order valence-electron chi connectivity index (χ3n) is 11.8. The van der Waals surface area contributed by atoms with Gasteiger partial charge in [-0.3, -0.25) is 5.32 Å². The number of ether oxygens (including phenoxy) is 1. The molecule has 1 amide bonds. The smallest absolute Gasteiger partial charge is 0.414 e. The minimum Gasteiger partial charge on any atom is -0.444 e. The molecule has 0 aliphatic heterocycles. The van der Waals surface area contributed by atoms with Crippen molar-refractivity contribution in [3.8, 4) is 0 Å². The molecule has 6 aromatic rings. The third-order valence-corrected chi connectivity index (χ3v) is 22.1. The molecule has 0 unspecified atom stereocenters. The minimum absolute atomic E-state index is 0.0174. The fourth-order valence-electron chi connectivity index (χ4n) is 9.11. The predicted octanol–water partition coefficient (Wildman–Crippen LogP) is 9.47. The van der Waals surface area contributed by atoms with Gasteiger partial charge in [-0.05, 0) is 63.6 Å². The Hall–Kier alpha value is -4.92. The van der Waals surface area contributed by atoms with E-state index in [0.717, 1.165) is 5.57 Å². The first-order valence-corrected chi connectivity index (χ1v) is 25.2. The second kappa shape index (κ2) is 17.1. The maximum atomic E-state index is 12.9. The Morgan fingerprint density at radius 2 is 1.20 bits per heavy atom. The van der Waals surface area contributed by atoms with Crippen LogP contribution in [0.5, 0.6) is 0 Å². The molecule has 9 nitrogen and oxygen atoms in total. The molecule has 318 valence electrons. The zero-order valence-electron chi connectivity index (χ0n) is 36.8. The van der Waals surface area contributed by atoms with Crippen LogP contribution in [0.3, 0.4) is 0 Å². The highest BCUT2D eigenvalue weighted by molar-refractivity contribution is 7.00. The fraction of sp³-hybridized carbons (Fsp3) is 0.347. The number of nitrogens with one attached hydrogen (secondary N) is 1. The van der Waals surface area contributed by atoms with Crippen LogP contribution in [-0.2, 0) is 13.6 Å².